The van der Waals surface area contributed by atoms with E-state index in [2.05, 4.69) is 0 Å². The molecule has 0 aliphatic heterocycles. The fourth-order valence-electron chi connectivity index (χ4n) is 2.33. The maximum Gasteiger partial charge on any atom is 0.272 e. The molecular weight excluding hydrogens is 308 g/mol. The highest BCUT2D eigenvalue weighted by Gasteiger charge is 2.16. The van der Waals surface area contributed by atoms with E-state index >= 15 is 0 Å². The number of carbonyl (C=O) groups excluding carboxylic acids is 1. The maximum absolute atomic E-state index is 12.4. The average Bonchev–Trinajstić information content (AvgIpc) is 2.55. The summed E-state index contributed by atoms with van der Waals surface area (Å²) in [7, 11) is 1.68. The number of nitro benzene ring substituents is 1. The molecule has 2 aromatic carbocycles. The lowest BCUT2D eigenvalue weighted by atomic mass is 10.1. The Morgan fingerprint density at radius 2 is 1.88 bits per heavy atom. The predicted molar refractivity (Wildman–Crippen MR) is 91.5 cm³/mol. The molecule has 0 unspecified atom stereocenters. The number of carbonyl (C=O) groups is 1. The Balaban J connectivity index is 1.96. The van der Waals surface area contributed by atoms with Crippen molar-refractivity contribution < 1.29 is 14.5 Å². The third-order valence-corrected chi connectivity index (χ3v) is 3.76. The number of nitrogens with zero attached hydrogens (tertiary/aromatic N) is 2. The number of hydrogen-bond acceptors (Lipinski definition) is 4. The van der Waals surface area contributed by atoms with Gasteiger partial charge in [-0.05, 0) is 37.6 Å². The second kappa shape index (κ2) is 7.59. The van der Waals surface area contributed by atoms with Crippen LogP contribution in [0.4, 0.5) is 5.69 Å². The fourth-order valence-corrected chi connectivity index (χ4v) is 2.33. The van der Waals surface area contributed by atoms with Gasteiger partial charge in [-0.1, -0.05) is 18.2 Å². The van der Waals surface area contributed by atoms with Crippen molar-refractivity contribution in [3.05, 3.63) is 69.3 Å². The predicted octanol–water partition coefficient (Wildman–Crippen LogP) is 3.36. The summed E-state index contributed by atoms with van der Waals surface area (Å²) in [5.41, 5.74) is 1.95. The van der Waals surface area contributed by atoms with Gasteiger partial charge in [0.05, 0.1) is 11.5 Å². The Morgan fingerprint density at radius 1 is 1.17 bits per heavy atom. The maximum atomic E-state index is 12.4. The van der Waals surface area contributed by atoms with Crippen LogP contribution >= 0.6 is 0 Å². The first-order chi connectivity index (χ1) is 11.4. The zero-order valence-corrected chi connectivity index (χ0v) is 14.0. The van der Waals surface area contributed by atoms with Crippen molar-refractivity contribution in [2.75, 3.05) is 20.2 Å². The van der Waals surface area contributed by atoms with Crippen LogP contribution in [0.25, 0.3) is 0 Å². The Labute approximate surface area is 140 Å². The fraction of sp³-hybridized carbons (Fsp3) is 0.278. The third kappa shape index (κ3) is 4.10. The van der Waals surface area contributed by atoms with E-state index in [9.17, 15) is 14.9 Å². The first-order valence-electron chi connectivity index (χ1n) is 7.59. The number of para-hydroxylation sites is 1. The normalized spacial score (nSPS) is 10.3. The van der Waals surface area contributed by atoms with Crippen LogP contribution in [0.3, 0.4) is 0 Å². The molecule has 0 fully saturated rings. The summed E-state index contributed by atoms with van der Waals surface area (Å²) >= 11 is 0. The summed E-state index contributed by atoms with van der Waals surface area (Å²) in [4.78, 5) is 24.3. The second-order valence-corrected chi connectivity index (χ2v) is 5.60. The molecule has 0 saturated heterocycles. The largest absolute Gasteiger partial charge is 0.491 e. The van der Waals surface area contributed by atoms with Crippen LogP contribution in [0.1, 0.15) is 21.5 Å². The lowest BCUT2D eigenvalue weighted by Crippen LogP contribution is -2.31. The summed E-state index contributed by atoms with van der Waals surface area (Å²) in [6.45, 7) is 4.38. The topological polar surface area (TPSA) is 72.7 Å². The molecule has 0 spiro atoms. The van der Waals surface area contributed by atoms with E-state index in [1.54, 1.807) is 24.9 Å². The molecule has 6 nitrogen and oxygen atoms in total. The third-order valence-electron chi connectivity index (χ3n) is 3.76. The average molecular weight is 328 g/mol. The first kappa shape index (κ1) is 17.5. The minimum atomic E-state index is -0.455. The van der Waals surface area contributed by atoms with Crippen molar-refractivity contribution >= 4 is 11.6 Å². The quantitative estimate of drug-likeness (QED) is 0.602. The lowest BCUT2D eigenvalue weighted by Gasteiger charge is -2.18. The minimum absolute atomic E-state index is 0.0112. The summed E-state index contributed by atoms with van der Waals surface area (Å²) in [6, 6.07) is 12.1. The number of rotatable bonds is 6. The molecule has 1 amide bonds. The number of hydrogen-bond donors (Lipinski definition) is 0. The number of ether oxygens (including phenoxy) is 1. The van der Waals surface area contributed by atoms with Crippen LogP contribution in [0.2, 0.25) is 0 Å². The van der Waals surface area contributed by atoms with E-state index in [4.69, 9.17) is 4.74 Å². The molecule has 0 bridgehead atoms. The zero-order valence-electron chi connectivity index (χ0n) is 14.0. The van der Waals surface area contributed by atoms with Gasteiger partial charge in [0.1, 0.15) is 12.4 Å². The molecule has 2 aromatic rings. The number of benzene rings is 2. The Morgan fingerprint density at radius 3 is 2.50 bits per heavy atom. The second-order valence-electron chi connectivity index (χ2n) is 5.60. The highest BCUT2D eigenvalue weighted by atomic mass is 16.6. The van der Waals surface area contributed by atoms with E-state index in [0.717, 1.165) is 11.3 Å². The Kier molecular flexibility index (Phi) is 5.52. The van der Waals surface area contributed by atoms with Crippen LogP contribution in [0.15, 0.2) is 42.5 Å². The molecule has 0 atom stereocenters. The van der Waals surface area contributed by atoms with Gasteiger partial charge in [0.15, 0.2) is 0 Å². The number of nitro groups is 1. The molecule has 2 rings (SSSR count). The molecule has 0 aliphatic carbocycles. The smallest absolute Gasteiger partial charge is 0.272 e. The van der Waals surface area contributed by atoms with E-state index in [1.807, 2.05) is 31.2 Å². The van der Waals surface area contributed by atoms with E-state index < -0.39 is 4.92 Å². The van der Waals surface area contributed by atoms with E-state index in [1.165, 1.54) is 12.1 Å². The molecular formula is C18H20N2O4. The van der Waals surface area contributed by atoms with E-state index in [0.29, 0.717) is 24.3 Å². The number of likely N-dealkylation sites (N-methyl/N-ethyl adjacent to an activating group) is 1. The van der Waals surface area contributed by atoms with Crippen molar-refractivity contribution in [3.8, 4) is 5.75 Å². The standard InChI is InChI=1S/C18H20N2O4/c1-13-6-4-5-7-17(13)24-11-10-19(3)18(21)15-8-9-16(20(22)23)14(2)12-15/h4-9,12H,10-11H2,1-3H3. The van der Waals surface area contributed by atoms with Crippen LogP contribution in [0.5, 0.6) is 5.75 Å². The number of aryl methyl sites for hydroxylation is 2. The van der Waals surface area contributed by atoms with Crippen LogP contribution < -0.4 is 4.74 Å². The molecule has 0 saturated carbocycles. The minimum Gasteiger partial charge on any atom is -0.491 e. The van der Waals surface area contributed by atoms with Crippen molar-refractivity contribution in [2.45, 2.75) is 13.8 Å². The zero-order chi connectivity index (χ0) is 17.7. The van der Waals surface area contributed by atoms with Crippen LogP contribution in [-0.2, 0) is 0 Å². The summed E-state index contributed by atoms with van der Waals surface area (Å²) in [5.74, 6) is 0.603. The molecule has 6 heteroatoms. The van der Waals surface area contributed by atoms with Crippen molar-refractivity contribution in [3.63, 3.8) is 0 Å². The SMILES string of the molecule is Cc1ccccc1OCCN(C)C(=O)c1ccc([N+](=O)[O-])c(C)c1. The van der Waals surface area contributed by atoms with Gasteiger partial charge >= 0.3 is 0 Å². The molecule has 0 N–H and O–H groups in total. The van der Waals surface area contributed by atoms with Crippen LogP contribution in [-0.4, -0.2) is 35.9 Å². The number of amides is 1. The highest BCUT2D eigenvalue weighted by molar-refractivity contribution is 5.94. The monoisotopic (exact) mass is 328 g/mol. The van der Waals surface area contributed by atoms with Gasteiger partial charge in [-0.25, -0.2) is 0 Å². The Bertz CT molecular complexity index is 758. The van der Waals surface area contributed by atoms with Crippen LogP contribution in [0, 0.1) is 24.0 Å². The summed E-state index contributed by atoms with van der Waals surface area (Å²) < 4.78 is 5.68. The van der Waals surface area contributed by atoms with Gasteiger partial charge in [0.25, 0.3) is 11.6 Å². The van der Waals surface area contributed by atoms with Crippen molar-refractivity contribution in [2.24, 2.45) is 0 Å². The van der Waals surface area contributed by atoms with Gasteiger partial charge in [-0.2, -0.15) is 0 Å². The first-order valence-corrected chi connectivity index (χ1v) is 7.59. The molecule has 0 radical (unpaired) electrons. The molecule has 126 valence electrons. The van der Waals surface area contributed by atoms with Gasteiger partial charge < -0.3 is 9.64 Å². The summed E-state index contributed by atoms with van der Waals surface area (Å²) in [5, 5.41) is 10.8. The molecule has 0 aliphatic rings. The molecule has 0 aromatic heterocycles. The summed E-state index contributed by atoms with van der Waals surface area (Å²) in [6.07, 6.45) is 0. The van der Waals surface area contributed by atoms with Gasteiger partial charge in [0, 0.05) is 24.2 Å². The Hall–Kier alpha value is -2.89. The van der Waals surface area contributed by atoms with E-state index in [-0.39, 0.29) is 11.6 Å². The highest BCUT2D eigenvalue weighted by Crippen LogP contribution is 2.20. The van der Waals surface area contributed by atoms with Gasteiger partial charge in [-0.15, -0.1) is 0 Å². The lowest BCUT2D eigenvalue weighted by molar-refractivity contribution is -0.385. The van der Waals surface area contributed by atoms with Crippen molar-refractivity contribution in [1.29, 1.82) is 0 Å². The molecule has 24 heavy (non-hydrogen) atoms. The van der Waals surface area contributed by atoms with Gasteiger partial charge in [-0.3, -0.25) is 14.9 Å². The van der Waals surface area contributed by atoms with Gasteiger partial charge in [0.2, 0.25) is 0 Å². The molecule has 0 heterocycles. The van der Waals surface area contributed by atoms with Crippen molar-refractivity contribution in [1.82, 2.24) is 4.90 Å².